The van der Waals surface area contributed by atoms with Crippen LogP contribution in [-0.4, -0.2) is 58.9 Å². The first-order valence-electron chi connectivity index (χ1n) is 9.22. The van der Waals surface area contributed by atoms with Crippen molar-refractivity contribution in [2.45, 2.75) is 18.7 Å². The van der Waals surface area contributed by atoms with E-state index in [1.807, 2.05) is 44.2 Å². The summed E-state index contributed by atoms with van der Waals surface area (Å²) in [7, 11) is -3.47. The Morgan fingerprint density at radius 1 is 0.897 bits per heavy atom. The quantitative estimate of drug-likeness (QED) is 0.488. The van der Waals surface area contributed by atoms with Gasteiger partial charge in [-0.15, -0.1) is 10.2 Å². The van der Waals surface area contributed by atoms with Crippen LogP contribution in [0.3, 0.4) is 0 Å². The zero-order valence-corrected chi connectivity index (χ0v) is 19.1. The molecule has 4 rings (SSSR count). The fourth-order valence-electron chi connectivity index (χ4n) is 3.37. The second-order valence-electron chi connectivity index (χ2n) is 6.93. The zero-order chi connectivity index (χ0) is 20.6. The first-order valence-corrected chi connectivity index (χ1v) is 11.7. The fraction of sp³-hybridized carbons (Fsp3) is 0.316. The van der Waals surface area contributed by atoms with Gasteiger partial charge in [0.25, 0.3) is 0 Å². The first kappa shape index (κ1) is 20.2. The maximum absolute atomic E-state index is 12.8. The number of nitrogens with zero attached hydrogens (tertiary/aromatic N) is 6. The van der Waals surface area contributed by atoms with Gasteiger partial charge in [-0.1, -0.05) is 0 Å². The monoisotopic (exact) mass is 524 g/mol. The Labute approximate surface area is 183 Å². The lowest BCUT2D eigenvalue weighted by molar-refractivity contribution is 0.383. The SMILES string of the molecule is Cc1cc(C)n(-c2ccc(N3CCN(S(=O)(=O)c4ccc(I)cc4)CC3)nn2)n1. The van der Waals surface area contributed by atoms with Crippen LogP contribution >= 0.6 is 22.6 Å². The predicted molar refractivity (Wildman–Crippen MR) is 119 cm³/mol. The number of sulfonamides is 1. The van der Waals surface area contributed by atoms with Crippen molar-refractivity contribution in [3.8, 4) is 5.82 Å². The molecule has 0 N–H and O–H groups in total. The average Bonchev–Trinajstić information content (AvgIpc) is 3.06. The predicted octanol–water partition coefficient (Wildman–Crippen LogP) is 2.39. The third kappa shape index (κ3) is 4.14. The zero-order valence-electron chi connectivity index (χ0n) is 16.2. The molecule has 3 heterocycles. The molecule has 1 aliphatic rings. The van der Waals surface area contributed by atoms with Gasteiger partial charge in [-0.2, -0.15) is 9.40 Å². The molecule has 0 aliphatic carbocycles. The molecule has 2 aromatic heterocycles. The van der Waals surface area contributed by atoms with E-state index in [2.05, 4.69) is 42.8 Å². The molecule has 1 aromatic carbocycles. The average molecular weight is 524 g/mol. The highest BCUT2D eigenvalue weighted by atomic mass is 127. The Morgan fingerprint density at radius 3 is 2.07 bits per heavy atom. The number of rotatable bonds is 4. The minimum absolute atomic E-state index is 0.334. The molecule has 0 radical (unpaired) electrons. The molecule has 29 heavy (non-hydrogen) atoms. The van der Waals surface area contributed by atoms with Crippen LogP contribution < -0.4 is 4.90 Å². The summed E-state index contributed by atoms with van der Waals surface area (Å²) < 4.78 is 30.0. The van der Waals surface area contributed by atoms with Crippen LogP contribution in [0.5, 0.6) is 0 Å². The van der Waals surface area contributed by atoms with E-state index in [-0.39, 0.29) is 0 Å². The highest BCUT2D eigenvalue weighted by Crippen LogP contribution is 2.21. The first-order chi connectivity index (χ1) is 13.8. The molecule has 3 aromatic rings. The van der Waals surface area contributed by atoms with Crippen molar-refractivity contribution in [1.29, 1.82) is 0 Å². The van der Waals surface area contributed by atoms with Crippen molar-refractivity contribution in [1.82, 2.24) is 24.3 Å². The minimum atomic E-state index is -3.47. The normalized spacial score (nSPS) is 15.6. The lowest BCUT2D eigenvalue weighted by Gasteiger charge is -2.34. The maximum Gasteiger partial charge on any atom is 0.243 e. The maximum atomic E-state index is 12.8. The standard InChI is InChI=1S/C19H21IN6O2S/c1-14-13-15(2)26(23-14)19-8-7-18(21-22-19)24-9-11-25(12-10-24)29(27,28)17-5-3-16(20)4-6-17/h3-8,13H,9-12H2,1-2H3. The Bertz CT molecular complexity index is 1100. The molecule has 1 fully saturated rings. The molecule has 10 heteroatoms. The molecule has 0 spiro atoms. The van der Waals surface area contributed by atoms with Crippen molar-refractivity contribution in [3.05, 3.63) is 57.4 Å². The van der Waals surface area contributed by atoms with Crippen LogP contribution in [-0.2, 0) is 10.0 Å². The van der Waals surface area contributed by atoms with Gasteiger partial charge in [0.05, 0.1) is 10.6 Å². The molecule has 0 amide bonds. The van der Waals surface area contributed by atoms with Gasteiger partial charge < -0.3 is 4.90 Å². The Balaban J connectivity index is 1.44. The molecule has 0 unspecified atom stereocenters. The third-order valence-electron chi connectivity index (χ3n) is 4.88. The van der Waals surface area contributed by atoms with Gasteiger partial charge in [-0.3, -0.25) is 0 Å². The molecule has 152 valence electrons. The van der Waals surface area contributed by atoms with Gasteiger partial charge in [0.15, 0.2) is 11.6 Å². The molecule has 0 saturated carbocycles. The van der Waals surface area contributed by atoms with E-state index in [1.165, 1.54) is 4.31 Å². The minimum Gasteiger partial charge on any atom is -0.352 e. The van der Waals surface area contributed by atoms with Crippen molar-refractivity contribution in [3.63, 3.8) is 0 Å². The lowest BCUT2D eigenvalue weighted by Crippen LogP contribution is -2.49. The summed E-state index contributed by atoms with van der Waals surface area (Å²) in [6, 6.07) is 12.7. The molecule has 1 saturated heterocycles. The smallest absolute Gasteiger partial charge is 0.243 e. The second kappa shape index (κ2) is 8.00. The topological polar surface area (TPSA) is 84.2 Å². The fourth-order valence-corrected chi connectivity index (χ4v) is 5.16. The van der Waals surface area contributed by atoms with E-state index in [1.54, 1.807) is 16.8 Å². The van der Waals surface area contributed by atoms with Gasteiger partial charge in [-0.05, 0) is 78.9 Å². The molecule has 0 atom stereocenters. The summed E-state index contributed by atoms with van der Waals surface area (Å²) in [6.07, 6.45) is 0. The van der Waals surface area contributed by atoms with Gasteiger partial charge in [-0.25, -0.2) is 13.1 Å². The van der Waals surface area contributed by atoms with Crippen molar-refractivity contribution in [2.24, 2.45) is 0 Å². The number of aryl methyl sites for hydroxylation is 2. The van der Waals surface area contributed by atoms with Crippen molar-refractivity contribution < 1.29 is 8.42 Å². The summed E-state index contributed by atoms with van der Waals surface area (Å²) in [6.45, 7) is 5.87. The van der Waals surface area contributed by atoms with E-state index in [0.29, 0.717) is 36.9 Å². The molecular weight excluding hydrogens is 503 g/mol. The van der Waals surface area contributed by atoms with E-state index >= 15 is 0 Å². The summed E-state index contributed by atoms with van der Waals surface area (Å²) >= 11 is 2.16. The van der Waals surface area contributed by atoms with Crippen LogP contribution in [0.15, 0.2) is 47.4 Å². The van der Waals surface area contributed by atoms with Gasteiger partial charge >= 0.3 is 0 Å². The number of anilines is 1. The number of halogens is 1. The third-order valence-corrected chi connectivity index (χ3v) is 7.51. The van der Waals surface area contributed by atoms with Crippen LogP contribution in [0.1, 0.15) is 11.4 Å². The van der Waals surface area contributed by atoms with Gasteiger partial charge in [0, 0.05) is 35.4 Å². The van der Waals surface area contributed by atoms with Crippen LogP contribution in [0, 0.1) is 17.4 Å². The van der Waals surface area contributed by atoms with E-state index in [0.717, 1.165) is 20.8 Å². The van der Waals surface area contributed by atoms with Crippen molar-refractivity contribution in [2.75, 3.05) is 31.1 Å². The second-order valence-corrected chi connectivity index (χ2v) is 10.1. The summed E-state index contributed by atoms with van der Waals surface area (Å²) in [4.78, 5) is 2.39. The van der Waals surface area contributed by atoms with Crippen LogP contribution in [0.25, 0.3) is 5.82 Å². The Hall–Kier alpha value is -2.05. The summed E-state index contributed by atoms with van der Waals surface area (Å²) in [5, 5.41) is 13.0. The van der Waals surface area contributed by atoms with E-state index in [9.17, 15) is 8.42 Å². The Morgan fingerprint density at radius 2 is 1.52 bits per heavy atom. The molecule has 8 nitrogen and oxygen atoms in total. The molecule has 0 bridgehead atoms. The van der Waals surface area contributed by atoms with Crippen LogP contribution in [0.4, 0.5) is 5.82 Å². The lowest BCUT2D eigenvalue weighted by atomic mass is 10.3. The highest BCUT2D eigenvalue weighted by molar-refractivity contribution is 14.1. The highest BCUT2D eigenvalue weighted by Gasteiger charge is 2.29. The Kier molecular flexibility index (Phi) is 5.58. The number of aromatic nitrogens is 4. The van der Waals surface area contributed by atoms with Gasteiger partial charge in [0.1, 0.15) is 0 Å². The van der Waals surface area contributed by atoms with E-state index in [4.69, 9.17) is 0 Å². The molecular formula is C19H21IN6O2S. The van der Waals surface area contributed by atoms with Crippen LogP contribution in [0.2, 0.25) is 0 Å². The van der Waals surface area contributed by atoms with E-state index < -0.39 is 10.0 Å². The number of piperazine rings is 1. The van der Waals surface area contributed by atoms with Crippen molar-refractivity contribution >= 4 is 38.4 Å². The number of hydrogen-bond acceptors (Lipinski definition) is 6. The van der Waals surface area contributed by atoms with Gasteiger partial charge in [0.2, 0.25) is 10.0 Å². The summed E-state index contributed by atoms with van der Waals surface area (Å²) in [5.41, 5.74) is 1.93. The molecule has 1 aliphatic heterocycles. The largest absolute Gasteiger partial charge is 0.352 e. The number of hydrogen-bond donors (Lipinski definition) is 0. The number of benzene rings is 1. The summed E-state index contributed by atoms with van der Waals surface area (Å²) in [5.74, 6) is 1.40.